The molecule has 1 aromatic rings. The summed E-state index contributed by atoms with van der Waals surface area (Å²) in [5, 5.41) is 2.34. The van der Waals surface area contributed by atoms with Crippen LogP contribution in [0.25, 0.3) is 0 Å². The van der Waals surface area contributed by atoms with E-state index in [9.17, 15) is 13.2 Å². The van der Waals surface area contributed by atoms with Crippen molar-refractivity contribution in [3.05, 3.63) is 22.2 Å². The lowest BCUT2D eigenvalue weighted by atomic mass is 10.3. The fourth-order valence-corrected chi connectivity index (χ4v) is 3.59. The van der Waals surface area contributed by atoms with E-state index in [-0.39, 0.29) is 39.6 Å². The Morgan fingerprint density at radius 1 is 1.26 bits per heavy atom. The van der Waals surface area contributed by atoms with Crippen LogP contribution < -0.4 is 15.8 Å². The predicted octanol–water partition coefficient (Wildman–Crippen LogP) is 0.990. The first-order valence-corrected chi connectivity index (χ1v) is 7.46. The van der Waals surface area contributed by atoms with Gasteiger partial charge >= 0.3 is 0 Å². The highest BCUT2D eigenvalue weighted by Gasteiger charge is 2.21. The van der Waals surface area contributed by atoms with E-state index in [0.717, 1.165) is 0 Å². The minimum absolute atomic E-state index is 0.0267. The zero-order valence-electron chi connectivity index (χ0n) is 10.0. The van der Waals surface area contributed by atoms with Gasteiger partial charge in [0, 0.05) is 25.7 Å². The van der Waals surface area contributed by atoms with E-state index < -0.39 is 10.0 Å². The number of nitrogens with one attached hydrogen (secondary N) is 2. The van der Waals surface area contributed by atoms with Gasteiger partial charge in [0.15, 0.2) is 0 Å². The summed E-state index contributed by atoms with van der Waals surface area (Å²) in [6.07, 6.45) is 0. The highest BCUT2D eigenvalue weighted by Crippen LogP contribution is 2.31. The number of sulfonamides is 1. The molecule has 0 heterocycles. The zero-order chi connectivity index (χ0) is 14.6. The number of carbonyl (C=O) groups excluding carboxylic acids is 1. The molecule has 0 saturated carbocycles. The highest BCUT2D eigenvalue weighted by molar-refractivity contribution is 7.89. The summed E-state index contributed by atoms with van der Waals surface area (Å²) in [6.45, 7) is 1.53. The number of carbonyl (C=O) groups is 1. The van der Waals surface area contributed by atoms with Crippen LogP contribution in [0.4, 0.5) is 5.69 Å². The Kier molecular flexibility index (Phi) is 5.42. The van der Waals surface area contributed by atoms with Crippen molar-refractivity contribution >= 4 is 44.8 Å². The third kappa shape index (κ3) is 4.54. The quantitative estimate of drug-likeness (QED) is 0.555. The zero-order valence-corrected chi connectivity index (χ0v) is 12.4. The molecule has 0 bridgehead atoms. The monoisotopic (exact) mass is 325 g/mol. The van der Waals surface area contributed by atoms with Gasteiger partial charge in [-0.3, -0.25) is 4.79 Å². The average Bonchev–Trinajstić information content (AvgIpc) is 2.22. The summed E-state index contributed by atoms with van der Waals surface area (Å²) in [6, 6.07) is 2.60. The molecule has 6 nitrogen and oxygen atoms in total. The highest BCUT2D eigenvalue weighted by atomic mass is 35.5. The van der Waals surface area contributed by atoms with E-state index in [0.29, 0.717) is 0 Å². The van der Waals surface area contributed by atoms with Gasteiger partial charge in [-0.1, -0.05) is 23.2 Å². The SMILES string of the molecule is CC(=O)NCCNS(=O)(=O)c1c(Cl)cc(N)cc1Cl. The predicted molar refractivity (Wildman–Crippen MR) is 74.7 cm³/mol. The molecular formula is C10H13Cl2N3O3S. The van der Waals surface area contributed by atoms with Gasteiger partial charge < -0.3 is 11.1 Å². The molecule has 0 aliphatic carbocycles. The Bertz CT molecular complexity index is 567. The minimum Gasteiger partial charge on any atom is -0.399 e. The maximum atomic E-state index is 12.0. The lowest BCUT2D eigenvalue weighted by Crippen LogP contribution is -2.33. The molecule has 0 atom stereocenters. The van der Waals surface area contributed by atoms with Crippen molar-refractivity contribution in [1.29, 1.82) is 0 Å². The first kappa shape index (κ1) is 16.0. The second-order valence-corrected chi connectivity index (χ2v) is 6.21. The topological polar surface area (TPSA) is 101 Å². The fourth-order valence-electron chi connectivity index (χ4n) is 1.33. The van der Waals surface area contributed by atoms with Gasteiger partial charge in [-0.15, -0.1) is 0 Å². The van der Waals surface area contributed by atoms with E-state index in [4.69, 9.17) is 28.9 Å². The van der Waals surface area contributed by atoms with Gasteiger partial charge in [0.2, 0.25) is 15.9 Å². The average molecular weight is 326 g/mol. The summed E-state index contributed by atoms with van der Waals surface area (Å²) >= 11 is 11.7. The van der Waals surface area contributed by atoms with E-state index in [1.807, 2.05) is 0 Å². The molecule has 1 amide bonds. The molecule has 1 aromatic carbocycles. The Labute approximate surface area is 121 Å². The number of benzene rings is 1. The minimum atomic E-state index is -3.86. The molecule has 1 rings (SSSR count). The van der Waals surface area contributed by atoms with Gasteiger partial charge in [-0.25, -0.2) is 13.1 Å². The van der Waals surface area contributed by atoms with Crippen LogP contribution in [0.3, 0.4) is 0 Å². The van der Waals surface area contributed by atoms with Gasteiger partial charge in [0.25, 0.3) is 0 Å². The van der Waals surface area contributed by atoms with E-state index in [1.165, 1.54) is 19.1 Å². The van der Waals surface area contributed by atoms with Gasteiger partial charge in [0.1, 0.15) is 4.90 Å². The summed E-state index contributed by atoms with van der Waals surface area (Å²) in [5.74, 6) is -0.247. The molecule has 4 N–H and O–H groups in total. The summed E-state index contributed by atoms with van der Waals surface area (Å²) in [5.41, 5.74) is 5.77. The lowest BCUT2D eigenvalue weighted by molar-refractivity contribution is -0.118. The fraction of sp³-hybridized carbons (Fsp3) is 0.300. The first-order valence-electron chi connectivity index (χ1n) is 5.22. The Morgan fingerprint density at radius 2 is 1.79 bits per heavy atom. The molecule has 0 aliphatic heterocycles. The molecule has 9 heteroatoms. The number of hydrogen-bond acceptors (Lipinski definition) is 4. The van der Waals surface area contributed by atoms with Crippen molar-refractivity contribution < 1.29 is 13.2 Å². The molecule has 0 aromatic heterocycles. The van der Waals surface area contributed by atoms with Crippen LogP contribution in [0.5, 0.6) is 0 Å². The molecule has 106 valence electrons. The third-order valence-electron chi connectivity index (χ3n) is 2.08. The molecule has 0 aliphatic rings. The summed E-state index contributed by atoms with van der Waals surface area (Å²) < 4.78 is 26.3. The molecular weight excluding hydrogens is 313 g/mol. The molecule has 0 spiro atoms. The maximum absolute atomic E-state index is 12.0. The van der Waals surface area contributed by atoms with Gasteiger partial charge in [-0.2, -0.15) is 0 Å². The molecule has 0 unspecified atom stereocenters. The van der Waals surface area contributed by atoms with Crippen molar-refractivity contribution in [2.45, 2.75) is 11.8 Å². The molecule has 0 saturated heterocycles. The third-order valence-corrected chi connectivity index (χ3v) is 4.46. The van der Waals surface area contributed by atoms with E-state index in [1.54, 1.807) is 0 Å². The van der Waals surface area contributed by atoms with Crippen LogP contribution in [0.1, 0.15) is 6.92 Å². The summed E-state index contributed by atoms with van der Waals surface area (Å²) in [4.78, 5) is 10.4. The van der Waals surface area contributed by atoms with Crippen molar-refractivity contribution in [3.8, 4) is 0 Å². The van der Waals surface area contributed by atoms with Crippen LogP contribution in [0.15, 0.2) is 17.0 Å². The Balaban J connectivity index is 2.86. The standard InChI is InChI=1S/C10H13Cl2N3O3S/c1-6(16)14-2-3-15-19(17,18)10-8(11)4-7(13)5-9(10)12/h4-5,15H,2-3,13H2,1H3,(H,14,16). The number of rotatable bonds is 5. The van der Waals surface area contributed by atoms with Crippen LogP contribution in [-0.4, -0.2) is 27.4 Å². The molecule has 0 radical (unpaired) electrons. The van der Waals surface area contributed by atoms with Gasteiger partial charge in [0.05, 0.1) is 10.0 Å². The number of amides is 1. The smallest absolute Gasteiger partial charge is 0.243 e. The number of nitrogens with two attached hydrogens (primary N) is 1. The van der Waals surface area contributed by atoms with Crippen molar-refractivity contribution in [2.24, 2.45) is 0 Å². The number of nitrogen functional groups attached to an aromatic ring is 1. The van der Waals surface area contributed by atoms with Crippen LogP contribution in [0, 0.1) is 0 Å². The molecule has 19 heavy (non-hydrogen) atoms. The maximum Gasteiger partial charge on any atom is 0.243 e. The van der Waals surface area contributed by atoms with Crippen molar-refractivity contribution in [3.63, 3.8) is 0 Å². The lowest BCUT2D eigenvalue weighted by Gasteiger charge is -2.11. The normalized spacial score (nSPS) is 11.3. The molecule has 0 fully saturated rings. The Hall–Kier alpha value is -1.02. The van der Waals surface area contributed by atoms with Gasteiger partial charge in [-0.05, 0) is 12.1 Å². The largest absolute Gasteiger partial charge is 0.399 e. The van der Waals surface area contributed by atoms with Crippen molar-refractivity contribution in [2.75, 3.05) is 18.8 Å². The van der Waals surface area contributed by atoms with Crippen LogP contribution in [-0.2, 0) is 14.8 Å². The Morgan fingerprint density at radius 3 is 2.26 bits per heavy atom. The second kappa shape index (κ2) is 6.42. The van der Waals surface area contributed by atoms with E-state index in [2.05, 4.69) is 10.0 Å². The number of hydrogen-bond donors (Lipinski definition) is 3. The van der Waals surface area contributed by atoms with Crippen LogP contribution in [0.2, 0.25) is 10.0 Å². The number of anilines is 1. The summed E-state index contributed by atoms with van der Waals surface area (Å²) in [7, 11) is -3.86. The van der Waals surface area contributed by atoms with Crippen LogP contribution >= 0.6 is 23.2 Å². The number of halogens is 2. The first-order chi connectivity index (χ1) is 8.74. The second-order valence-electron chi connectivity index (χ2n) is 3.69. The van der Waals surface area contributed by atoms with Crippen molar-refractivity contribution in [1.82, 2.24) is 10.0 Å². The van der Waals surface area contributed by atoms with E-state index >= 15 is 0 Å².